The van der Waals surface area contributed by atoms with Crippen molar-refractivity contribution in [2.24, 2.45) is 0 Å². The van der Waals surface area contributed by atoms with E-state index in [0.717, 1.165) is 5.39 Å². The van der Waals surface area contributed by atoms with Crippen molar-refractivity contribution in [1.82, 2.24) is 10.3 Å². The molecule has 2 aromatic carbocycles. The number of anilines is 1. The third kappa shape index (κ3) is 4.60. The Labute approximate surface area is 168 Å². The van der Waals surface area contributed by atoms with E-state index in [9.17, 15) is 9.59 Å². The molecule has 0 fully saturated rings. The van der Waals surface area contributed by atoms with Crippen molar-refractivity contribution in [3.05, 3.63) is 48.2 Å². The van der Waals surface area contributed by atoms with Gasteiger partial charge in [0.2, 0.25) is 5.91 Å². The number of nitrogens with one attached hydrogen (secondary N) is 3. The summed E-state index contributed by atoms with van der Waals surface area (Å²) in [7, 11) is 4.68. The number of hydrogen-bond donors (Lipinski definition) is 3. The number of hydrogen-bond acceptors (Lipinski definition) is 5. The SMILES string of the molecule is COc1cccc(NC(=O)CCNC(=O)c2cc3c(OC)ccc(OC)c3[nH]2)c1. The van der Waals surface area contributed by atoms with Crippen molar-refractivity contribution in [2.75, 3.05) is 33.2 Å². The van der Waals surface area contributed by atoms with Crippen LogP contribution in [0.4, 0.5) is 5.69 Å². The van der Waals surface area contributed by atoms with E-state index in [2.05, 4.69) is 15.6 Å². The number of fused-ring (bicyclic) bond motifs is 1. The second-order valence-electron chi connectivity index (χ2n) is 6.23. The van der Waals surface area contributed by atoms with Crippen molar-refractivity contribution >= 4 is 28.4 Å². The Morgan fingerprint density at radius 2 is 1.72 bits per heavy atom. The van der Waals surface area contributed by atoms with Crippen LogP contribution in [0.2, 0.25) is 0 Å². The number of aromatic nitrogens is 1. The molecule has 29 heavy (non-hydrogen) atoms. The predicted octanol–water partition coefficient (Wildman–Crippen LogP) is 2.95. The zero-order valence-corrected chi connectivity index (χ0v) is 16.5. The van der Waals surface area contributed by atoms with Gasteiger partial charge in [-0.05, 0) is 30.3 Å². The number of rotatable bonds is 8. The highest BCUT2D eigenvalue weighted by Gasteiger charge is 2.15. The second-order valence-corrected chi connectivity index (χ2v) is 6.23. The summed E-state index contributed by atoms with van der Waals surface area (Å²) >= 11 is 0. The van der Waals surface area contributed by atoms with Crippen molar-refractivity contribution in [1.29, 1.82) is 0 Å². The molecule has 0 radical (unpaired) electrons. The molecular weight excluding hydrogens is 374 g/mol. The number of carbonyl (C=O) groups excluding carboxylic acids is 2. The first-order valence-corrected chi connectivity index (χ1v) is 9.01. The average molecular weight is 397 g/mol. The largest absolute Gasteiger partial charge is 0.497 e. The Morgan fingerprint density at radius 3 is 2.45 bits per heavy atom. The lowest BCUT2D eigenvalue weighted by Crippen LogP contribution is -2.27. The minimum Gasteiger partial charge on any atom is -0.497 e. The van der Waals surface area contributed by atoms with Crippen LogP contribution >= 0.6 is 0 Å². The van der Waals surface area contributed by atoms with Crippen LogP contribution in [0, 0.1) is 0 Å². The third-order valence-electron chi connectivity index (χ3n) is 4.39. The van der Waals surface area contributed by atoms with Gasteiger partial charge in [-0.3, -0.25) is 9.59 Å². The molecule has 152 valence electrons. The first kappa shape index (κ1) is 20.1. The maximum atomic E-state index is 12.5. The van der Waals surface area contributed by atoms with E-state index in [4.69, 9.17) is 14.2 Å². The van der Waals surface area contributed by atoms with Gasteiger partial charge in [-0.15, -0.1) is 0 Å². The lowest BCUT2D eigenvalue weighted by atomic mass is 10.2. The number of H-pyrrole nitrogens is 1. The summed E-state index contributed by atoms with van der Waals surface area (Å²) in [6.07, 6.45) is 0.135. The highest BCUT2D eigenvalue weighted by atomic mass is 16.5. The molecule has 8 heteroatoms. The number of carbonyl (C=O) groups is 2. The van der Waals surface area contributed by atoms with Crippen LogP contribution in [0.15, 0.2) is 42.5 Å². The van der Waals surface area contributed by atoms with Crippen LogP contribution < -0.4 is 24.8 Å². The van der Waals surface area contributed by atoms with E-state index in [1.54, 1.807) is 63.8 Å². The van der Waals surface area contributed by atoms with Gasteiger partial charge in [0.1, 0.15) is 22.9 Å². The molecule has 1 aromatic heterocycles. The molecule has 0 bridgehead atoms. The molecule has 1 heterocycles. The summed E-state index contributed by atoms with van der Waals surface area (Å²) in [6.45, 7) is 0.193. The zero-order valence-electron chi connectivity index (χ0n) is 16.5. The fourth-order valence-electron chi connectivity index (χ4n) is 2.95. The quantitative estimate of drug-likeness (QED) is 0.542. The monoisotopic (exact) mass is 397 g/mol. The first-order chi connectivity index (χ1) is 14.0. The van der Waals surface area contributed by atoms with E-state index < -0.39 is 0 Å². The maximum absolute atomic E-state index is 12.5. The molecule has 0 spiro atoms. The van der Waals surface area contributed by atoms with Gasteiger partial charge in [0.25, 0.3) is 5.91 Å². The van der Waals surface area contributed by atoms with E-state index in [1.807, 2.05) is 0 Å². The Hall–Kier alpha value is -3.68. The first-order valence-electron chi connectivity index (χ1n) is 9.01. The summed E-state index contributed by atoms with van der Waals surface area (Å²) < 4.78 is 15.8. The molecule has 3 aromatic rings. The van der Waals surface area contributed by atoms with Gasteiger partial charge in [0, 0.05) is 30.1 Å². The number of benzene rings is 2. The van der Waals surface area contributed by atoms with Gasteiger partial charge in [-0.25, -0.2) is 0 Å². The number of amides is 2. The van der Waals surface area contributed by atoms with Crippen LogP contribution in [0.3, 0.4) is 0 Å². The standard InChI is InChI=1S/C21H23N3O5/c1-27-14-6-4-5-13(11-14)23-19(25)9-10-22-21(26)16-12-15-17(28-2)7-8-18(29-3)20(15)24-16/h4-8,11-12,24H,9-10H2,1-3H3,(H,22,26)(H,23,25). The molecule has 0 atom stereocenters. The highest BCUT2D eigenvalue weighted by Crippen LogP contribution is 2.33. The van der Waals surface area contributed by atoms with Crippen molar-refractivity contribution in [2.45, 2.75) is 6.42 Å². The maximum Gasteiger partial charge on any atom is 0.267 e. The summed E-state index contributed by atoms with van der Waals surface area (Å²) in [4.78, 5) is 27.6. The fraction of sp³-hybridized carbons (Fsp3) is 0.238. The zero-order chi connectivity index (χ0) is 20.8. The second kappa shape index (κ2) is 9.01. The smallest absolute Gasteiger partial charge is 0.267 e. The fourth-order valence-corrected chi connectivity index (χ4v) is 2.95. The predicted molar refractivity (Wildman–Crippen MR) is 110 cm³/mol. The molecule has 0 aliphatic carbocycles. The number of aromatic amines is 1. The lowest BCUT2D eigenvalue weighted by molar-refractivity contribution is -0.116. The van der Waals surface area contributed by atoms with Crippen LogP contribution in [-0.2, 0) is 4.79 Å². The molecule has 2 amide bonds. The summed E-state index contributed by atoms with van der Waals surface area (Å²) in [5, 5.41) is 6.25. The summed E-state index contributed by atoms with van der Waals surface area (Å²) in [5.41, 5.74) is 1.67. The number of methoxy groups -OCH3 is 3. The van der Waals surface area contributed by atoms with Crippen LogP contribution in [0.25, 0.3) is 10.9 Å². The Morgan fingerprint density at radius 1 is 0.966 bits per heavy atom. The molecule has 0 unspecified atom stereocenters. The minimum absolute atomic E-state index is 0.135. The molecule has 0 aliphatic heterocycles. The van der Waals surface area contributed by atoms with Crippen LogP contribution in [0.5, 0.6) is 17.2 Å². The van der Waals surface area contributed by atoms with Crippen molar-refractivity contribution in [3.63, 3.8) is 0 Å². The van der Waals surface area contributed by atoms with Gasteiger partial charge < -0.3 is 29.8 Å². The van der Waals surface area contributed by atoms with Gasteiger partial charge in [-0.2, -0.15) is 0 Å². The van der Waals surface area contributed by atoms with Gasteiger partial charge in [0.15, 0.2) is 0 Å². The molecule has 0 saturated heterocycles. The van der Waals surface area contributed by atoms with E-state index in [-0.39, 0.29) is 24.8 Å². The lowest BCUT2D eigenvalue weighted by Gasteiger charge is -2.07. The van der Waals surface area contributed by atoms with Crippen LogP contribution in [0.1, 0.15) is 16.9 Å². The summed E-state index contributed by atoms with van der Waals surface area (Å²) in [5.74, 6) is 1.37. The van der Waals surface area contributed by atoms with Crippen molar-refractivity contribution < 1.29 is 23.8 Å². The normalized spacial score (nSPS) is 10.4. The minimum atomic E-state index is -0.320. The topological polar surface area (TPSA) is 102 Å². The van der Waals surface area contributed by atoms with Crippen LogP contribution in [-0.4, -0.2) is 44.7 Å². The number of ether oxygens (including phenoxy) is 3. The van der Waals surface area contributed by atoms with Gasteiger partial charge >= 0.3 is 0 Å². The Kier molecular flexibility index (Phi) is 6.23. The van der Waals surface area contributed by atoms with Crippen molar-refractivity contribution in [3.8, 4) is 17.2 Å². The third-order valence-corrected chi connectivity index (χ3v) is 4.39. The summed E-state index contributed by atoms with van der Waals surface area (Å²) in [6, 6.07) is 12.3. The molecule has 3 rings (SSSR count). The molecule has 0 saturated carbocycles. The Bertz CT molecular complexity index is 987. The van der Waals surface area contributed by atoms with E-state index >= 15 is 0 Å². The molecular formula is C21H23N3O5. The molecule has 8 nitrogen and oxygen atoms in total. The average Bonchev–Trinajstić information content (AvgIpc) is 3.18. The Balaban J connectivity index is 1.60. The van der Waals surface area contributed by atoms with E-state index in [0.29, 0.717) is 34.1 Å². The molecule has 3 N–H and O–H groups in total. The van der Waals surface area contributed by atoms with Gasteiger partial charge in [0.05, 0.1) is 26.8 Å². The van der Waals surface area contributed by atoms with E-state index in [1.165, 1.54) is 0 Å². The highest BCUT2D eigenvalue weighted by molar-refractivity contribution is 6.01. The van der Waals surface area contributed by atoms with Gasteiger partial charge in [-0.1, -0.05) is 6.07 Å². The molecule has 0 aliphatic rings.